The first-order valence-corrected chi connectivity index (χ1v) is 6.14. The molecule has 0 saturated heterocycles. The Balaban J connectivity index is 2.70. The first-order valence-electron chi connectivity index (χ1n) is 4.62. The molecule has 0 aliphatic heterocycles. The van der Waals surface area contributed by atoms with Gasteiger partial charge in [-0.3, -0.25) is 4.79 Å². The van der Waals surface area contributed by atoms with E-state index >= 15 is 0 Å². The number of carbonyl (C=O) groups excluding carboxylic acids is 1. The van der Waals surface area contributed by atoms with Crippen LogP contribution in [-0.2, 0) is 14.3 Å². The third kappa shape index (κ3) is 2.59. The topological polar surface area (TPSA) is 63.6 Å². The van der Waals surface area contributed by atoms with Crippen molar-refractivity contribution in [3.05, 3.63) is 0 Å². The number of hydrogen-bond acceptors (Lipinski definition) is 3. The Bertz CT molecular complexity index is 233. The lowest BCUT2D eigenvalue weighted by Gasteiger charge is -2.32. The van der Waals surface area contributed by atoms with Crippen molar-refractivity contribution in [2.45, 2.75) is 37.7 Å². The van der Waals surface area contributed by atoms with Crippen LogP contribution < -0.4 is 0 Å². The van der Waals surface area contributed by atoms with E-state index in [9.17, 15) is 9.59 Å². The lowest BCUT2D eigenvalue weighted by Crippen LogP contribution is -2.45. The predicted octanol–water partition coefficient (Wildman–Crippen LogP) is 1.75. The van der Waals surface area contributed by atoms with Crippen molar-refractivity contribution in [2.75, 3.05) is 4.43 Å². The van der Waals surface area contributed by atoms with E-state index in [2.05, 4.69) is 0 Å². The highest BCUT2D eigenvalue weighted by molar-refractivity contribution is 14.1. The maximum Gasteiger partial charge on any atom is 0.348 e. The summed E-state index contributed by atoms with van der Waals surface area (Å²) in [5, 5.41) is 9.05. The number of esters is 1. The van der Waals surface area contributed by atoms with Crippen molar-refractivity contribution >= 4 is 34.5 Å². The molecule has 1 aliphatic rings. The lowest BCUT2D eigenvalue weighted by molar-refractivity contribution is -0.180. The SMILES string of the molecule is O=C(CI)OC1(C(=O)O)CCCCC1. The normalized spacial score (nSPS) is 20.1. The van der Waals surface area contributed by atoms with Crippen molar-refractivity contribution in [1.29, 1.82) is 0 Å². The fourth-order valence-electron chi connectivity index (χ4n) is 1.73. The third-order valence-corrected chi connectivity index (χ3v) is 3.09. The minimum Gasteiger partial charge on any atom is -0.478 e. The van der Waals surface area contributed by atoms with Crippen molar-refractivity contribution in [1.82, 2.24) is 0 Å². The maximum absolute atomic E-state index is 11.1. The number of carboxylic acids is 1. The van der Waals surface area contributed by atoms with Crippen molar-refractivity contribution in [3.8, 4) is 0 Å². The number of hydrogen-bond donors (Lipinski definition) is 1. The van der Waals surface area contributed by atoms with Crippen LogP contribution >= 0.6 is 22.6 Å². The second-order valence-electron chi connectivity index (χ2n) is 3.47. The zero-order valence-electron chi connectivity index (χ0n) is 7.79. The molecule has 4 nitrogen and oxygen atoms in total. The second-order valence-corrected chi connectivity index (χ2v) is 4.23. The Labute approximate surface area is 96.1 Å². The monoisotopic (exact) mass is 312 g/mol. The van der Waals surface area contributed by atoms with E-state index in [0.29, 0.717) is 12.8 Å². The molecule has 0 aromatic carbocycles. The molecule has 0 spiro atoms. The number of alkyl halides is 1. The maximum atomic E-state index is 11.1. The van der Waals surface area contributed by atoms with Gasteiger partial charge < -0.3 is 9.84 Å². The van der Waals surface area contributed by atoms with E-state index in [0.717, 1.165) is 19.3 Å². The summed E-state index contributed by atoms with van der Waals surface area (Å²) in [5.74, 6) is -1.44. The molecule has 0 aromatic rings. The second kappa shape index (κ2) is 4.95. The van der Waals surface area contributed by atoms with Crippen molar-refractivity contribution < 1.29 is 19.4 Å². The zero-order valence-corrected chi connectivity index (χ0v) is 9.95. The summed E-state index contributed by atoms with van der Waals surface area (Å²) in [7, 11) is 0. The first-order chi connectivity index (χ1) is 6.60. The standard InChI is InChI=1S/C9H13IO4/c10-6-7(11)14-9(8(12)13)4-2-1-3-5-9/h1-6H2,(H,12,13). The molecule has 0 bridgehead atoms. The van der Waals surface area contributed by atoms with Gasteiger partial charge in [0, 0.05) is 0 Å². The summed E-state index contributed by atoms with van der Waals surface area (Å²) in [6.07, 6.45) is 3.56. The summed E-state index contributed by atoms with van der Waals surface area (Å²) < 4.78 is 5.24. The molecule has 14 heavy (non-hydrogen) atoms. The highest BCUT2D eigenvalue weighted by Gasteiger charge is 2.43. The molecule has 0 atom stereocenters. The fraction of sp³-hybridized carbons (Fsp3) is 0.778. The summed E-state index contributed by atoms with van der Waals surface area (Å²) >= 11 is 1.87. The molecule has 1 rings (SSSR count). The van der Waals surface area contributed by atoms with Gasteiger partial charge in [-0.25, -0.2) is 4.79 Å². The van der Waals surface area contributed by atoms with Crippen LogP contribution in [-0.4, -0.2) is 27.1 Å². The molecule has 1 aliphatic carbocycles. The average molecular weight is 312 g/mol. The largest absolute Gasteiger partial charge is 0.478 e. The van der Waals surface area contributed by atoms with Crippen LogP contribution in [0.25, 0.3) is 0 Å². The number of carbonyl (C=O) groups is 2. The van der Waals surface area contributed by atoms with Crippen LogP contribution in [0.2, 0.25) is 0 Å². The first kappa shape index (κ1) is 11.7. The van der Waals surface area contributed by atoms with E-state index < -0.39 is 17.5 Å². The third-order valence-electron chi connectivity index (χ3n) is 2.47. The molecule has 1 N–H and O–H groups in total. The van der Waals surface area contributed by atoms with Gasteiger partial charge in [0.25, 0.3) is 0 Å². The van der Waals surface area contributed by atoms with Gasteiger partial charge in [-0.2, -0.15) is 0 Å². The summed E-state index contributed by atoms with van der Waals surface area (Å²) in [4.78, 5) is 22.1. The minimum atomic E-state index is -1.24. The Morgan fingerprint density at radius 1 is 1.29 bits per heavy atom. The van der Waals surface area contributed by atoms with E-state index in [4.69, 9.17) is 9.84 Å². The molecule has 80 valence electrons. The molecule has 0 heterocycles. The Morgan fingerprint density at radius 3 is 2.29 bits per heavy atom. The highest BCUT2D eigenvalue weighted by atomic mass is 127. The Morgan fingerprint density at radius 2 is 1.86 bits per heavy atom. The van der Waals surface area contributed by atoms with Gasteiger partial charge in [-0.15, -0.1) is 0 Å². The molecule has 0 amide bonds. The molecular formula is C9H13IO4. The molecule has 1 saturated carbocycles. The smallest absolute Gasteiger partial charge is 0.348 e. The van der Waals surface area contributed by atoms with Crippen LogP contribution in [0.5, 0.6) is 0 Å². The molecule has 0 unspecified atom stereocenters. The number of aliphatic carboxylic acids is 1. The van der Waals surface area contributed by atoms with E-state index in [1.54, 1.807) is 0 Å². The van der Waals surface area contributed by atoms with E-state index in [1.165, 1.54) is 0 Å². The highest BCUT2D eigenvalue weighted by Crippen LogP contribution is 2.32. The van der Waals surface area contributed by atoms with Crippen molar-refractivity contribution in [2.24, 2.45) is 0 Å². The van der Waals surface area contributed by atoms with E-state index in [1.807, 2.05) is 22.6 Å². The van der Waals surface area contributed by atoms with Crippen LogP contribution in [0.1, 0.15) is 32.1 Å². The van der Waals surface area contributed by atoms with Gasteiger partial charge in [0.05, 0.1) is 4.43 Å². The van der Waals surface area contributed by atoms with Gasteiger partial charge >= 0.3 is 11.9 Å². The van der Waals surface area contributed by atoms with Crippen molar-refractivity contribution in [3.63, 3.8) is 0 Å². The molecular weight excluding hydrogens is 299 g/mol. The predicted molar refractivity (Wildman–Crippen MR) is 58.4 cm³/mol. The van der Waals surface area contributed by atoms with Crippen LogP contribution in [0.15, 0.2) is 0 Å². The lowest BCUT2D eigenvalue weighted by atomic mass is 9.85. The van der Waals surface area contributed by atoms with Gasteiger partial charge in [-0.1, -0.05) is 29.0 Å². The summed E-state index contributed by atoms with van der Waals surface area (Å²) in [6.45, 7) is 0. The summed E-state index contributed by atoms with van der Waals surface area (Å²) in [6, 6.07) is 0. The fourth-order valence-corrected chi connectivity index (χ4v) is 1.88. The number of carboxylic acid groups (broad SMARTS) is 1. The van der Waals surface area contributed by atoms with Gasteiger partial charge in [0.1, 0.15) is 0 Å². The Kier molecular flexibility index (Phi) is 4.15. The number of rotatable bonds is 3. The van der Waals surface area contributed by atoms with Gasteiger partial charge in [0.2, 0.25) is 5.60 Å². The van der Waals surface area contributed by atoms with Crippen LogP contribution in [0.4, 0.5) is 0 Å². The Hall–Kier alpha value is -0.330. The van der Waals surface area contributed by atoms with Crippen LogP contribution in [0, 0.1) is 0 Å². The van der Waals surface area contributed by atoms with Gasteiger partial charge in [0.15, 0.2) is 0 Å². The average Bonchev–Trinajstić information content (AvgIpc) is 2.19. The van der Waals surface area contributed by atoms with E-state index in [-0.39, 0.29) is 4.43 Å². The molecule has 5 heteroatoms. The molecule has 0 aromatic heterocycles. The van der Waals surface area contributed by atoms with Crippen LogP contribution in [0.3, 0.4) is 0 Å². The molecule has 0 radical (unpaired) electrons. The zero-order chi connectivity index (χ0) is 10.6. The number of ether oxygens (including phenoxy) is 1. The summed E-state index contributed by atoms with van der Waals surface area (Å²) in [5.41, 5.74) is -1.24. The number of halogens is 1. The molecule has 1 fully saturated rings. The van der Waals surface area contributed by atoms with Gasteiger partial charge in [-0.05, 0) is 25.7 Å². The minimum absolute atomic E-state index is 0.201. The quantitative estimate of drug-likeness (QED) is 0.490.